The monoisotopic (exact) mass is 260 g/mol. The zero-order valence-electron chi connectivity index (χ0n) is 9.25. The number of nitrogen functional groups attached to an aromatic ring is 1. The maximum Gasteiger partial charge on any atom is 0.416 e. The summed E-state index contributed by atoms with van der Waals surface area (Å²) >= 11 is 0. The van der Waals surface area contributed by atoms with Gasteiger partial charge in [-0.25, -0.2) is 0 Å². The van der Waals surface area contributed by atoms with E-state index >= 15 is 0 Å². The van der Waals surface area contributed by atoms with Crippen molar-refractivity contribution in [2.75, 3.05) is 13.2 Å². The van der Waals surface area contributed by atoms with Crippen molar-refractivity contribution in [1.29, 1.82) is 5.41 Å². The van der Waals surface area contributed by atoms with Gasteiger partial charge in [0, 0.05) is 0 Å². The summed E-state index contributed by atoms with van der Waals surface area (Å²) in [7, 11) is 0. The van der Waals surface area contributed by atoms with Gasteiger partial charge in [0.2, 0.25) is 0 Å². The van der Waals surface area contributed by atoms with Crippen LogP contribution in [-0.2, 0) is 10.9 Å². The van der Waals surface area contributed by atoms with Crippen LogP contribution in [0.15, 0.2) is 18.2 Å². The zero-order chi connectivity index (χ0) is 13.3. The molecule has 4 nitrogen and oxygen atoms in total. The fraction of sp³-hybridized carbons (Fsp3) is 0.364. The maximum atomic E-state index is 12.5. The topological polar surface area (TPSA) is 68.3 Å². The first-order valence-corrected chi connectivity index (χ1v) is 5.18. The molecule has 0 amide bonds. The number of amidine groups is 1. The summed E-state index contributed by atoms with van der Waals surface area (Å²) in [5.74, 6) is -0.292. The molecule has 1 heterocycles. The van der Waals surface area contributed by atoms with Gasteiger partial charge in [0.25, 0.3) is 0 Å². The molecule has 1 aromatic carbocycles. The van der Waals surface area contributed by atoms with Crippen LogP contribution in [0.25, 0.3) is 0 Å². The summed E-state index contributed by atoms with van der Waals surface area (Å²) in [6, 6.07) is 2.90. The molecule has 1 aromatic rings. The van der Waals surface area contributed by atoms with E-state index in [1.807, 2.05) is 0 Å². The summed E-state index contributed by atoms with van der Waals surface area (Å²) in [5.41, 5.74) is 4.35. The van der Waals surface area contributed by atoms with Crippen LogP contribution < -0.4 is 10.5 Å². The Morgan fingerprint density at radius 3 is 2.50 bits per heavy atom. The van der Waals surface area contributed by atoms with Gasteiger partial charge in [-0.1, -0.05) is 0 Å². The van der Waals surface area contributed by atoms with Gasteiger partial charge in [-0.2, -0.15) is 13.2 Å². The van der Waals surface area contributed by atoms with E-state index < -0.39 is 17.6 Å². The van der Waals surface area contributed by atoms with Crippen LogP contribution in [0.1, 0.15) is 11.1 Å². The average molecular weight is 260 g/mol. The third kappa shape index (κ3) is 2.56. The summed E-state index contributed by atoms with van der Waals surface area (Å²) in [5, 5.41) is 7.30. The first-order valence-electron chi connectivity index (χ1n) is 5.18. The molecule has 18 heavy (non-hydrogen) atoms. The van der Waals surface area contributed by atoms with Crippen LogP contribution >= 0.6 is 0 Å². The second kappa shape index (κ2) is 4.49. The first-order chi connectivity index (χ1) is 8.38. The minimum Gasteiger partial charge on any atom is -0.485 e. The van der Waals surface area contributed by atoms with Crippen molar-refractivity contribution in [1.82, 2.24) is 0 Å². The number of benzene rings is 1. The zero-order valence-corrected chi connectivity index (χ0v) is 9.25. The van der Waals surface area contributed by atoms with Crippen LogP contribution in [0.3, 0.4) is 0 Å². The van der Waals surface area contributed by atoms with Crippen LogP contribution in [0, 0.1) is 5.41 Å². The van der Waals surface area contributed by atoms with Crippen LogP contribution in [0.4, 0.5) is 13.2 Å². The van der Waals surface area contributed by atoms with E-state index in [9.17, 15) is 13.2 Å². The molecule has 0 spiro atoms. The standard InChI is InChI=1S/C11H11F3N2O2/c12-11(13,14)6-1-2-9(8(3-6)10(15)16)18-7-4-17-5-7/h1-3,7H,4-5H2,(H3,15,16). The molecule has 1 aliphatic rings. The Kier molecular flexibility index (Phi) is 3.16. The quantitative estimate of drug-likeness (QED) is 0.642. The number of hydrogen-bond donors (Lipinski definition) is 2. The van der Waals surface area contributed by atoms with Crippen molar-refractivity contribution in [3.63, 3.8) is 0 Å². The second-order valence-electron chi connectivity index (χ2n) is 3.90. The highest BCUT2D eigenvalue weighted by atomic mass is 19.4. The molecule has 1 aliphatic heterocycles. The second-order valence-corrected chi connectivity index (χ2v) is 3.90. The number of alkyl halides is 3. The lowest BCUT2D eigenvalue weighted by atomic mass is 10.1. The third-order valence-electron chi connectivity index (χ3n) is 2.50. The molecule has 0 atom stereocenters. The van der Waals surface area contributed by atoms with Gasteiger partial charge >= 0.3 is 6.18 Å². The van der Waals surface area contributed by atoms with Crippen molar-refractivity contribution in [3.8, 4) is 5.75 Å². The molecule has 0 aromatic heterocycles. The smallest absolute Gasteiger partial charge is 0.416 e. The van der Waals surface area contributed by atoms with Crippen molar-refractivity contribution in [2.24, 2.45) is 5.73 Å². The lowest BCUT2D eigenvalue weighted by Gasteiger charge is -2.27. The molecule has 0 saturated carbocycles. The van der Waals surface area contributed by atoms with Gasteiger partial charge in [0.15, 0.2) is 0 Å². The molecular formula is C11H11F3N2O2. The summed E-state index contributed by atoms with van der Waals surface area (Å²) in [4.78, 5) is 0. The van der Waals surface area contributed by atoms with Gasteiger partial charge in [-0.15, -0.1) is 0 Å². The molecule has 0 radical (unpaired) electrons. The molecule has 1 fully saturated rings. The van der Waals surface area contributed by atoms with Gasteiger partial charge in [0.05, 0.1) is 24.3 Å². The van der Waals surface area contributed by atoms with Gasteiger partial charge in [-0.05, 0) is 18.2 Å². The van der Waals surface area contributed by atoms with E-state index in [1.54, 1.807) is 0 Å². The van der Waals surface area contributed by atoms with Crippen LogP contribution in [-0.4, -0.2) is 25.2 Å². The molecule has 98 valence electrons. The Morgan fingerprint density at radius 2 is 2.06 bits per heavy atom. The summed E-state index contributed by atoms with van der Waals surface area (Å²) < 4.78 is 47.9. The number of nitrogens with one attached hydrogen (secondary N) is 1. The molecule has 3 N–H and O–H groups in total. The Labute approximate surface area is 101 Å². The first kappa shape index (κ1) is 12.7. The van der Waals surface area contributed by atoms with E-state index in [4.69, 9.17) is 20.6 Å². The molecule has 0 aliphatic carbocycles. The van der Waals surface area contributed by atoms with E-state index in [0.717, 1.165) is 12.1 Å². The van der Waals surface area contributed by atoms with Crippen LogP contribution in [0.5, 0.6) is 5.75 Å². The molecule has 1 saturated heterocycles. The van der Waals surface area contributed by atoms with Crippen molar-refractivity contribution in [2.45, 2.75) is 12.3 Å². The highest BCUT2D eigenvalue weighted by molar-refractivity contribution is 5.97. The average Bonchev–Trinajstić information content (AvgIpc) is 2.21. The minimum absolute atomic E-state index is 0.0586. The molecule has 7 heteroatoms. The highest BCUT2D eigenvalue weighted by Gasteiger charge is 2.32. The normalized spacial score (nSPS) is 16.2. The lowest BCUT2D eigenvalue weighted by Crippen LogP contribution is -2.39. The van der Waals surface area contributed by atoms with Gasteiger partial charge in [-0.3, -0.25) is 5.41 Å². The van der Waals surface area contributed by atoms with E-state index in [2.05, 4.69) is 0 Å². The fourth-order valence-electron chi connectivity index (χ4n) is 1.48. The fourth-order valence-corrected chi connectivity index (χ4v) is 1.48. The largest absolute Gasteiger partial charge is 0.485 e. The Hall–Kier alpha value is -1.76. The van der Waals surface area contributed by atoms with Gasteiger partial charge in [0.1, 0.15) is 17.7 Å². The van der Waals surface area contributed by atoms with Gasteiger partial charge < -0.3 is 15.2 Å². The van der Waals surface area contributed by atoms with Crippen molar-refractivity contribution >= 4 is 5.84 Å². The number of ether oxygens (including phenoxy) is 2. The van der Waals surface area contributed by atoms with Crippen LogP contribution in [0.2, 0.25) is 0 Å². The Balaban J connectivity index is 2.31. The minimum atomic E-state index is -4.47. The Bertz CT molecular complexity index is 470. The molecule has 2 rings (SSSR count). The molecule has 0 bridgehead atoms. The van der Waals surface area contributed by atoms with Crippen molar-refractivity contribution < 1.29 is 22.6 Å². The maximum absolute atomic E-state index is 12.5. The van der Waals surface area contributed by atoms with E-state index in [-0.39, 0.29) is 17.4 Å². The van der Waals surface area contributed by atoms with E-state index in [0.29, 0.717) is 13.2 Å². The SMILES string of the molecule is N=C(N)c1cc(C(F)(F)F)ccc1OC1COC1. The summed E-state index contributed by atoms with van der Waals surface area (Å²) in [6.07, 6.45) is -4.66. The number of halogens is 3. The third-order valence-corrected chi connectivity index (χ3v) is 2.50. The predicted molar refractivity (Wildman–Crippen MR) is 57.7 cm³/mol. The predicted octanol–water partition coefficient (Wildman–Crippen LogP) is 1.77. The molecule has 0 unspecified atom stereocenters. The number of rotatable bonds is 3. The molecular weight excluding hydrogens is 249 g/mol. The lowest BCUT2D eigenvalue weighted by molar-refractivity contribution is -0.137. The summed E-state index contributed by atoms with van der Waals surface area (Å²) in [6.45, 7) is 0.775. The van der Waals surface area contributed by atoms with E-state index in [1.165, 1.54) is 6.07 Å². The highest BCUT2D eigenvalue weighted by Crippen LogP contribution is 2.33. The Morgan fingerprint density at radius 1 is 1.39 bits per heavy atom. The number of nitrogens with two attached hydrogens (primary N) is 1. The number of hydrogen-bond acceptors (Lipinski definition) is 3. The van der Waals surface area contributed by atoms with Crippen molar-refractivity contribution in [3.05, 3.63) is 29.3 Å².